The minimum Gasteiger partial charge on any atom is -0.368 e. The Balaban J connectivity index is 1.42. The second kappa shape index (κ2) is 9.23. The molecule has 0 fully saturated rings. The highest BCUT2D eigenvalue weighted by molar-refractivity contribution is 6.18. The van der Waals surface area contributed by atoms with Crippen LogP contribution in [0, 0.1) is 0 Å². The quantitative estimate of drug-likeness (QED) is 0.236. The molecule has 9 rings (SSSR count). The molecule has 1 aromatic heterocycles. The van der Waals surface area contributed by atoms with Crippen molar-refractivity contribution in [1.29, 1.82) is 0 Å². The molecule has 43 heavy (non-hydrogen) atoms. The number of dihydropyridines is 1. The van der Waals surface area contributed by atoms with Crippen LogP contribution in [0.2, 0.25) is 0 Å². The number of hydrogen-bond donors (Lipinski definition) is 1. The van der Waals surface area contributed by atoms with Crippen LogP contribution in [-0.2, 0) is 0 Å². The molecule has 2 aliphatic rings. The number of anilines is 2. The number of para-hydroxylation sites is 1. The average molecular weight is 552 g/mol. The summed E-state index contributed by atoms with van der Waals surface area (Å²) in [5, 5.41) is 8.75. The second-order valence-corrected chi connectivity index (χ2v) is 11.5. The normalized spacial score (nSPS) is 14.0. The van der Waals surface area contributed by atoms with E-state index in [0.717, 1.165) is 18.1 Å². The molecule has 0 saturated heterocycles. The summed E-state index contributed by atoms with van der Waals surface area (Å²) in [7, 11) is 0. The van der Waals surface area contributed by atoms with Crippen molar-refractivity contribution in [2.24, 2.45) is 0 Å². The standard InChI is InChI=1S/C40H29N3/c1-26-20-21-41-39(22-26)43-36-17-9-13-28-12-8-16-31(40(28)36)33-24-34-32-23-29(27-10-4-2-5-11-27)18-19-35(32)42(37(34)25-38(33)43)30-14-6-3-7-15-30/h2-20,22-25,41H,21H2,1H3. The third-order valence-corrected chi connectivity index (χ3v) is 8.97. The zero-order valence-corrected chi connectivity index (χ0v) is 23.9. The van der Waals surface area contributed by atoms with Gasteiger partial charge in [-0.3, -0.25) is 4.90 Å². The molecule has 0 atom stereocenters. The minimum atomic E-state index is 0.815. The van der Waals surface area contributed by atoms with Gasteiger partial charge < -0.3 is 9.88 Å². The van der Waals surface area contributed by atoms with Crippen LogP contribution < -0.4 is 10.2 Å². The SMILES string of the molecule is CC1=CCNC(N2c3cc4c(cc3-c3cccc5cccc2c35)c2cc(-c3ccccc3)ccc2n4-c2ccccc2)=C1. The fourth-order valence-electron chi connectivity index (χ4n) is 7.03. The predicted molar refractivity (Wildman–Crippen MR) is 181 cm³/mol. The molecule has 3 heteroatoms. The van der Waals surface area contributed by atoms with Gasteiger partial charge >= 0.3 is 0 Å². The molecule has 0 radical (unpaired) electrons. The van der Waals surface area contributed by atoms with Gasteiger partial charge in [-0.15, -0.1) is 0 Å². The molecular weight excluding hydrogens is 522 g/mol. The summed E-state index contributed by atoms with van der Waals surface area (Å²) >= 11 is 0. The Kier molecular flexibility index (Phi) is 5.17. The number of benzene rings is 6. The highest BCUT2D eigenvalue weighted by Crippen LogP contribution is 2.51. The lowest BCUT2D eigenvalue weighted by molar-refractivity contribution is 0.844. The monoisotopic (exact) mass is 551 g/mol. The van der Waals surface area contributed by atoms with E-state index < -0.39 is 0 Å². The van der Waals surface area contributed by atoms with Crippen LogP contribution in [0.15, 0.2) is 151 Å². The maximum absolute atomic E-state index is 3.68. The molecule has 0 spiro atoms. The zero-order chi connectivity index (χ0) is 28.5. The van der Waals surface area contributed by atoms with E-state index in [1.807, 2.05) is 0 Å². The molecular formula is C40H29N3. The predicted octanol–water partition coefficient (Wildman–Crippen LogP) is 10.1. The Labute approximate surface area is 250 Å². The van der Waals surface area contributed by atoms with Crippen molar-refractivity contribution in [3.8, 4) is 27.9 Å². The maximum atomic E-state index is 3.68. The molecule has 0 amide bonds. The van der Waals surface area contributed by atoms with Crippen LogP contribution in [0.25, 0.3) is 60.5 Å². The van der Waals surface area contributed by atoms with Gasteiger partial charge in [0, 0.05) is 34.0 Å². The van der Waals surface area contributed by atoms with Crippen molar-refractivity contribution in [1.82, 2.24) is 9.88 Å². The van der Waals surface area contributed by atoms with Gasteiger partial charge in [-0.05, 0) is 83.1 Å². The van der Waals surface area contributed by atoms with Gasteiger partial charge in [0.25, 0.3) is 0 Å². The lowest BCUT2D eigenvalue weighted by Crippen LogP contribution is -2.31. The fourth-order valence-corrected chi connectivity index (χ4v) is 7.03. The summed E-state index contributed by atoms with van der Waals surface area (Å²) in [6.07, 6.45) is 4.51. The van der Waals surface area contributed by atoms with E-state index in [1.165, 1.54) is 71.8 Å². The van der Waals surface area contributed by atoms with Gasteiger partial charge in [-0.2, -0.15) is 0 Å². The summed E-state index contributed by atoms with van der Waals surface area (Å²) in [6.45, 7) is 3.00. The van der Waals surface area contributed by atoms with Gasteiger partial charge in [0.05, 0.1) is 22.4 Å². The molecule has 0 aliphatic carbocycles. The fraction of sp³-hybridized carbons (Fsp3) is 0.0500. The first kappa shape index (κ1) is 24.1. The smallest absolute Gasteiger partial charge is 0.111 e. The van der Waals surface area contributed by atoms with Crippen LogP contribution >= 0.6 is 0 Å². The number of aromatic nitrogens is 1. The van der Waals surface area contributed by atoms with E-state index in [1.54, 1.807) is 0 Å². The number of allylic oxidation sites excluding steroid dienone is 2. The highest BCUT2D eigenvalue weighted by atomic mass is 15.3. The number of fused-ring (bicyclic) bond motifs is 5. The summed E-state index contributed by atoms with van der Waals surface area (Å²) in [6, 6.07) is 46.5. The van der Waals surface area contributed by atoms with Crippen LogP contribution in [0.4, 0.5) is 11.4 Å². The molecule has 2 aliphatic heterocycles. The Morgan fingerprint density at radius 3 is 2.19 bits per heavy atom. The van der Waals surface area contributed by atoms with Crippen LogP contribution in [0.1, 0.15) is 6.92 Å². The minimum absolute atomic E-state index is 0.815. The highest BCUT2D eigenvalue weighted by Gasteiger charge is 2.29. The van der Waals surface area contributed by atoms with Crippen molar-refractivity contribution in [3.63, 3.8) is 0 Å². The van der Waals surface area contributed by atoms with Gasteiger partial charge in [-0.25, -0.2) is 0 Å². The lowest BCUT2D eigenvalue weighted by Gasteiger charge is -2.36. The third-order valence-electron chi connectivity index (χ3n) is 8.97. The van der Waals surface area contributed by atoms with E-state index in [2.05, 4.69) is 161 Å². The molecule has 3 heterocycles. The van der Waals surface area contributed by atoms with Crippen molar-refractivity contribution in [2.45, 2.75) is 6.92 Å². The third kappa shape index (κ3) is 3.61. The largest absolute Gasteiger partial charge is 0.368 e. The van der Waals surface area contributed by atoms with E-state index in [9.17, 15) is 0 Å². The molecule has 0 unspecified atom stereocenters. The summed E-state index contributed by atoms with van der Waals surface area (Å²) in [5.74, 6) is 1.11. The molecule has 7 aromatic rings. The number of rotatable bonds is 3. The molecule has 204 valence electrons. The van der Waals surface area contributed by atoms with Crippen LogP contribution in [0.5, 0.6) is 0 Å². The van der Waals surface area contributed by atoms with E-state index in [0.29, 0.717) is 0 Å². The van der Waals surface area contributed by atoms with Crippen LogP contribution in [0.3, 0.4) is 0 Å². The molecule has 0 bridgehead atoms. The second-order valence-electron chi connectivity index (χ2n) is 11.5. The molecule has 3 nitrogen and oxygen atoms in total. The van der Waals surface area contributed by atoms with Crippen molar-refractivity contribution >= 4 is 44.0 Å². The Morgan fingerprint density at radius 1 is 0.605 bits per heavy atom. The summed E-state index contributed by atoms with van der Waals surface area (Å²) in [5.41, 5.74) is 12.2. The number of hydrogen-bond acceptors (Lipinski definition) is 2. The lowest BCUT2D eigenvalue weighted by atomic mass is 9.90. The van der Waals surface area contributed by atoms with Crippen molar-refractivity contribution < 1.29 is 0 Å². The van der Waals surface area contributed by atoms with E-state index in [-0.39, 0.29) is 0 Å². The molecule has 0 saturated carbocycles. The number of nitrogens with zero attached hydrogens (tertiary/aromatic N) is 2. The summed E-state index contributed by atoms with van der Waals surface area (Å²) < 4.78 is 2.42. The number of nitrogens with one attached hydrogen (secondary N) is 1. The van der Waals surface area contributed by atoms with Gasteiger partial charge in [0.15, 0.2) is 0 Å². The molecule has 1 N–H and O–H groups in total. The first-order valence-electron chi connectivity index (χ1n) is 14.9. The average Bonchev–Trinajstić information content (AvgIpc) is 3.37. The Bertz CT molecular complexity index is 2280. The first-order chi connectivity index (χ1) is 21.2. The molecule has 6 aromatic carbocycles. The van der Waals surface area contributed by atoms with Crippen molar-refractivity contribution in [3.05, 3.63) is 151 Å². The Morgan fingerprint density at radius 2 is 1.37 bits per heavy atom. The first-order valence-corrected chi connectivity index (χ1v) is 14.9. The van der Waals surface area contributed by atoms with E-state index >= 15 is 0 Å². The van der Waals surface area contributed by atoms with Crippen LogP contribution in [-0.4, -0.2) is 11.1 Å². The summed E-state index contributed by atoms with van der Waals surface area (Å²) in [4.78, 5) is 2.43. The van der Waals surface area contributed by atoms with Gasteiger partial charge in [-0.1, -0.05) is 91.0 Å². The van der Waals surface area contributed by atoms with Gasteiger partial charge in [0.2, 0.25) is 0 Å². The topological polar surface area (TPSA) is 20.2 Å². The maximum Gasteiger partial charge on any atom is 0.111 e. The van der Waals surface area contributed by atoms with E-state index in [4.69, 9.17) is 0 Å². The zero-order valence-electron chi connectivity index (χ0n) is 23.9. The van der Waals surface area contributed by atoms with Crippen molar-refractivity contribution in [2.75, 3.05) is 11.4 Å². The Hall–Kier alpha value is -5.54. The van der Waals surface area contributed by atoms with Gasteiger partial charge in [0.1, 0.15) is 5.82 Å².